The second-order valence-corrected chi connectivity index (χ2v) is 3.23. The molecule has 0 saturated carbocycles. The summed E-state index contributed by atoms with van der Waals surface area (Å²) in [5, 5.41) is 11.4. The van der Waals surface area contributed by atoms with Crippen molar-refractivity contribution in [3.63, 3.8) is 0 Å². The third kappa shape index (κ3) is 1.88. The van der Waals surface area contributed by atoms with E-state index in [9.17, 15) is 10.1 Å². The van der Waals surface area contributed by atoms with Crippen LogP contribution in [0.2, 0.25) is 0 Å². The number of benzene rings is 1. The van der Waals surface area contributed by atoms with Crippen LogP contribution in [0.25, 0.3) is 17.0 Å². The predicted octanol–water partition coefficient (Wildman–Crippen LogP) is 3.07. The summed E-state index contributed by atoms with van der Waals surface area (Å²) in [6.07, 6.45) is 1.42. The Morgan fingerprint density at radius 2 is 2.20 bits per heavy atom. The van der Waals surface area contributed by atoms with Crippen molar-refractivity contribution in [3.8, 4) is 0 Å². The monoisotopic (exact) mass is 203 g/mol. The first-order valence-electron chi connectivity index (χ1n) is 4.48. The second-order valence-electron chi connectivity index (χ2n) is 3.23. The quantitative estimate of drug-likeness (QED) is 0.556. The number of fused-ring (bicyclic) bond motifs is 1. The Kier molecular flexibility index (Phi) is 2.25. The summed E-state index contributed by atoms with van der Waals surface area (Å²) >= 11 is 0. The van der Waals surface area contributed by atoms with Crippen molar-refractivity contribution in [2.45, 2.75) is 6.92 Å². The van der Waals surface area contributed by atoms with Gasteiger partial charge in [0.1, 0.15) is 11.3 Å². The lowest BCUT2D eigenvalue weighted by Crippen LogP contribution is -1.92. The minimum atomic E-state index is -0.437. The zero-order valence-corrected chi connectivity index (χ0v) is 8.14. The third-order valence-corrected chi connectivity index (χ3v) is 2.08. The summed E-state index contributed by atoms with van der Waals surface area (Å²) in [7, 11) is 0. The smallest absolute Gasteiger partial charge is 0.246 e. The molecule has 0 saturated heterocycles. The van der Waals surface area contributed by atoms with E-state index in [1.807, 2.05) is 24.3 Å². The largest absolute Gasteiger partial charge is 0.456 e. The molecule has 1 aromatic heterocycles. The molecule has 4 heteroatoms. The van der Waals surface area contributed by atoms with Crippen molar-refractivity contribution in [2.24, 2.45) is 0 Å². The van der Waals surface area contributed by atoms with Crippen molar-refractivity contribution in [1.82, 2.24) is 0 Å². The molecule has 1 heterocycles. The fraction of sp³-hybridized carbons (Fsp3) is 0.0909. The van der Waals surface area contributed by atoms with Crippen LogP contribution in [0.1, 0.15) is 12.7 Å². The molecule has 0 unspecified atom stereocenters. The van der Waals surface area contributed by atoms with Crippen LogP contribution in [0.4, 0.5) is 0 Å². The maximum Gasteiger partial charge on any atom is 0.246 e. The number of allylic oxidation sites excluding steroid dienone is 1. The first kappa shape index (κ1) is 9.45. The highest BCUT2D eigenvalue weighted by Gasteiger charge is 2.05. The van der Waals surface area contributed by atoms with E-state index in [1.165, 1.54) is 13.0 Å². The molecule has 0 atom stereocenters. The molecule has 2 rings (SSSR count). The van der Waals surface area contributed by atoms with Crippen LogP contribution in [0.3, 0.4) is 0 Å². The molecule has 0 amide bonds. The lowest BCUT2D eigenvalue weighted by Gasteiger charge is -1.87. The van der Waals surface area contributed by atoms with Gasteiger partial charge < -0.3 is 4.42 Å². The molecule has 0 spiro atoms. The Morgan fingerprint density at radius 1 is 1.47 bits per heavy atom. The van der Waals surface area contributed by atoms with Crippen LogP contribution in [0.15, 0.2) is 40.4 Å². The first-order chi connectivity index (χ1) is 7.16. The predicted molar refractivity (Wildman–Crippen MR) is 56.9 cm³/mol. The van der Waals surface area contributed by atoms with Crippen LogP contribution in [0, 0.1) is 10.1 Å². The van der Waals surface area contributed by atoms with Crippen LogP contribution in [-0.2, 0) is 0 Å². The molecule has 0 bridgehead atoms. The van der Waals surface area contributed by atoms with Crippen molar-refractivity contribution in [1.29, 1.82) is 0 Å². The van der Waals surface area contributed by atoms with E-state index < -0.39 is 4.92 Å². The molecule has 0 aliphatic rings. The molecule has 0 aliphatic heterocycles. The van der Waals surface area contributed by atoms with Crippen LogP contribution in [-0.4, -0.2) is 4.92 Å². The normalized spacial score (nSPS) is 11.9. The first-order valence-corrected chi connectivity index (χ1v) is 4.48. The standard InChI is InChI=1S/C11H9NO3/c1-8(12(13)14)6-10-7-9-4-2-3-5-11(9)15-10/h2-7H,1H3/b8-6-. The van der Waals surface area contributed by atoms with Gasteiger partial charge in [-0.1, -0.05) is 18.2 Å². The summed E-state index contributed by atoms with van der Waals surface area (Å²) < 4.78 is 5.41. The maximum absolute atomic E-state index is 10.4. The van der Waals surface area contributed by atoms with E-state index in [0.717, 1.165) is 11.0 Å². The zero-order valence-electron chi connectivity index (χ0n) is 8.14. The highest BCUT2D eigenvalue weighted by molar-refractivity contribution is 5.79. The molecule has 76 valence electrons. The summed E-state index contributed by atoms with van der Waals surface area (Å²) in [4.78, 5) is 9.98. The van der Waals surface area contributed by atoms with Crippen molar-refractivity contribution in [2.75, 3.05) is 0 Å². The van der Waals surface area contributed by atoms with Gasteiger partial charge in [0.05, 0.1) is 11.0 Å². The van der Waals surface area contributed by atoms with E-state index in [0.29, 0.717) is 5.76 Å². The van der Waals surface area contributed by atoms with E-state index in [2.05, 4.69) is 0 Å². The molecule has 15 heavy (non-hydrogen) atoms. The molecule has 2 aromatic rings. The summed E-state index contributed by atoms with van der Waals surface area (Å²) in [5.74, 6) is 0.505. The molecule has 0 fully saturated rings. The number of hydrogen-bond donors (Lipinski definition) is 0. The minimum absolute atomic E-state index is 0.0639. The van der Waals surface area contributed by atoms with Gasteiger partial charge in [-0.2, -0.15) is 0 Å². The molecule has 0 aliphatic carbocycles. The van der Waals surface area contributed by atoms with Gasteiger partial charge >= 0.3 is 0 Å². The van der Waals surface area contributed by atoms with E-state index >= 15 is 0 Å². The second kappa shape index (κ2) is 3.57. The van der Waals surface area contributed by atoms with Crippen molar-refractivity contribution in [3.05, 3.63) is 51.9 Å². The number of hydrogen-bond acceptors (Lipinski definition) is 3. The van der Waals surface area contributed by atoms with Crippen molar-refractivity contribution < 1.29 is 9.34 Å². The average molecular weight is 203 g/mol. The topological polar surface area (TPSA) is 56.3 Å². The summed E-state index contributed by atoms with van der Waals surface area (Å²) in [6.45, 7) is 1.44. The van der Waals surface area contributed by atoms with Gasteiger partial charge in [0, 0.05) is 12.3 Å². The van der Waals surface area contributed by atoms with E-state index in [4.69, 9.17) is 4.42 Å². The zero-order chi connectivity index (χ0) is 10.8. The fourth-order valence-corrected chi connectivity index (χ4v) is 1.33. The fourth-order valence-electron chi connectivity index (χ4n) is 1.33. The van der Waals surface area contributed by atoms with Crippen LogP contribution < -0.4 is 0 Å². The Labute approximate surface area is 86.0 Å². The summed E-state index contributed by atoms with van der Waals surface area (Å²) in [5.41, 5.74) is 0.800. The third-order valence-electron chi connectivity index (χ3n) is 2.08. The lowest BCUT2D eigenvalue weighted by atomic mass is 10.2. The average Bonchev–Trinajstić information content (AvgIpc) is 2.59. The van der Waals surface area contributed by atoms with E-state index in [1.54, 1.807) is 6.07 Å². The highest BCUT2D eigenvalue weighted by atomic mass is 16.6. The Bertz CT molecular complexity index is 507. The van der Waals surface area contributed by atoms with Gasteiger partial charge in [-0.05, 0) is 12.1 Å². The van der Waals surface area contributed by atoms with Gasteiger partial charge in [-0.3, -0.25) is 10.1 Å². The molecule has 4 nitrogen and oxygen atoms in total. The minimum Gasteiger partial charge on any atom is -0.456 e. The van der Waals surface area contributed by atoms with Gasteiger partial charge in [0.25, 0.3) is 0 Å². The molecule has 0 radical (unpaired) electrons. The van der Waals surface area contributed by atoms with Crippen LogP contribution in [0.5, 0.6) is 0 Å². The Morgan fingerprint density at radius 3 is 2.87 bits per heavy atom. The maximum atomic E-state index is 10.4. The molecule has 0 N–H and O–H groups in total. The Balaban J connectivity index is 2.46. The number of furan rings is 1. The molecular weight excluding hydrogens is 194 g/mol. The van der Waals surface area contributed by atoms with Gasteiger partial charge in [0.2, 0.25) is 5.70 Å². The van der Waals surface area contributed by atoms with Gasteiger partial charge in [-0.25, -0.2) is 0 Å². The Hall–Kier alpha value is -2.10. The highest BCUT2D eigenvalue weighted by Crippen LogP contribution is 2.20. The SMILES string of the molecule is C/C(=C/c1cc2ccccc2o1)[N+](=O)[O-]. The van der Waals surface area contributed by atoms with Gasteiger partial charge in [0.15, 0.2) is 0 Å². The molecular formula is C11H9NO3. The number of nitrogens with zero attached hydrogens (tertiary/aromatic N) is 1. The number of nitro groups is 1. The molecule has 1 aromatic carbocycles. The lowest BCUT2D eigenvalue weighted by molar-refractivity contribution is -0.422. The van der Waals surface area contributed by atoms with E-state index in [-0.39, 0.29) is 5.70 Å². The van der Waals surface area contributed by atoms with Gasteiger partial charge in [-0.15, -0.1) is 0 Å². The number of para-hydroxylation sites is 1. The summed E-state index contributed by atoms with van der Waals surface area (Å²) in [6, 6.07) is 9.26. The van der Waals surface area contributed by atoms with Crippen molar-refractivity contribution >= 4 is 17.0 Å². The van der Waals surface area contributed by atoms with Crippen LogP contribution >= 0.6 is 0 Å². The number of rotatable bonds is 2.